The van der Waals surface area contributed by atoms with Crippen molar-refractivity contribution in [3.63, 3.8) is 0 Å². The summed E-state index contributed by atoms with van der Waals surface area (Å²) >= 11 is 0. The number of benzene rings is 2. The van der Waals surface area contributed by atoms with E-state index < -0.39 is 11.5 Å². The van der Waals surface area contributed by atoms with Gasteiger partial charge in [0.1, 0.15) is 5.83 Å². The third-order valence-electron chi connectivity index (χ3n) is 4.21. The zero-order chi connectivity index (χ0) is 16.3. The van der Waals surface area contributed by atoms with E-state index in [1.54, 1.807) is 18.2 Å². The third kappa shape index (κ3) is 3.26. The summed E-state index contributed by atoms with van der Waals surface area (Å²) < 4.78 is 29.0. The van der Waals surface area contributed by atoms with Gasteiger partial charge in [0, 0.05) is 12.0 Å². The monoisotopic (exact) mass is 310 g/mol. The molecule has 0 amide bonds. The van der Waals surface area contributed by atoms with E-state index in [2.05, 4.69) is 19.1 Å². The van der Waals surface area contributed by atoms with Crippen molar-refractivity contribution in [1.29, 1.82) is 0 Å². The summed E-state index contributed by atoms with van der Waals surface area (Å²) in [6.07, 6.45) is 6.18. The minimum absolute atomic E-state index is 0.159. The van der Waals surface area contributed by atoms with E-state index in [1.165, 1.54) is 11.6 Å². The fourth-order valence-corrected chi connectivity index (χ4v) is 3.14. The number of hydrogen-bond acceptors (Lipinski definition) is 0. The van der Waals surface area contributed by atoms with Crippen LogP contribution in [0, 0.1) is 0 Å². The van der Waals surface area contributed by atoms with Crippen LogP contribution in [0.15, 0.2) is 72.6 Å². The van der Waals surface area contributed by atoms with Gasteiger partial charge in [-0.2, -0.15) is 0 Å². The first-order chi connectivity index (χ1) is 11.1. The van der Waals surface area contributed by atoms with Gasteiger partial charge < -0.3 is 0 Å². The highest BCUT2D eigenvalue weighted by Gasteiger charge is 2.33. The van der Waals surface area contributed by atoms with Gasteiger partial charge in [0.25, 0.3) is 0 Å². The molecule has 1 aliphatic rings. The first kappa shape index (κ1) is 15.7. The Morgan fingerprint density at radius 1 is 1.09 bits per heavy atom. The topological polar surface area (TPSA) is 0 Å². The molecule has 0 aliphatic heterocycles. The van der Waals surface area contributed by atoms with Crippen LogP contribution in [0.4, 0.5) is 8.78 Å². The van der Waals surface area contributed by atoms with Gasteiger partial charge in [0.15, 0.2) is 5.67 Å². The number of aryl methyl sites for hydroxylation is 1. The predicted octanol–water partition coefficient (Wildman–Crippen LogP) is 6.28. The summed E-state index contributed by atoms with van der Waals surface area (Å²) in [5.41, 5.74) is 1.77. The number of rotatable bonds is 4. The van der Waals surface area contributed by atoms with Crippen LogP contribution >= 0.6 is 0 Å². The Bertz CT molecular complexity index is 758. The maximum Gasteiger partial charge on any atom is 0.161 e. The summed E-state index contributed by atoms with van der Waals surface area (Å²) in [6, 6.07) is 15.5. The second kappa shape index (κ2) is 6.49. The van der Waals surface area contributed by atoms with Crippen molar-refractivity contribution < 1.29 is 8.78 Å². The second-order valence-corrected chi connectivity index (χ2v) is 5.99. The second-order valence-electron chi connectivity index (χ2n) is 5.99. The summed E-state index contributed by atoms with van der Waals surface area (Å²) in [4.78, 5) is 0. The maximum atomic E-state index is 15.4. The van der Waals surface area contributed by atoms with E-state index >= 15 is 4.39 Å². The van der Waals surface area contributed by atoms with Crippen molar-refractivity contribution in [2.45, 2.75) is 31.9 Å². The minimum Gasteiger partial charge on any atom is -0.234 e. The molecule has 2 aromatic carbocycles. The summed E-state index contributed by atoms with van der Waals surface area (Å²) in [6.45, 7) is 2.14. The first-order valence-electron chi connectivity index (χ1n) is 8.05. The lowest BCUT2D eigenvalue weighted by atomic mass is 9.83. The zero-order valence-corrected chi connectivity index (χ0v) is 13.2. The molecule has 0 heterocycles. The summed E-state index contributed by atoms with van der Waals surface area (Å²) in [5, 5.41) is 0. The molecule has 0 saturated carbocycles. The van der Waals surface area contributed by atoms with E-state index in [1.807, 2.05) is 24.3 Å². The van der Waals surface area contributed by atoms with Crippen LogP contribution in [0.1, 0.15) is 30.9 Å². The molecule has 0 radical (unpaired) electrons. The average Bonchev–Trinajstić information content (AvgIpc) is 2.55. The first-order valence-corrected chi connectivity index (χ1v) is 8.05. The highest BCUT2D eigenvalue weighted by atomic mass is 19.1. The number of halogens is 2. The van der Waals surface area contributed by atoms with Crippen LogP contribution in [-0.2, 0) is 12.1 Å². The molecule has 3 rings (SSSR count). The minimum atomic E-state index is -1.80. The molecule has 1 aliphatic carbocycles. The van der Waals surface area contributed by atoms with E-state index in [-0.39, 0.29) is 6.42 Å². The van der Waals surface area contributed by atoms with Gasteiger partial charge in [0.2, 0.25) is 0 Å². The normalized spacial score (nSPS) is 20.4. The van der Waals surface area contributed by atoms with E-state index in [9.17, 15) is 4.39 Å². The van der Waals surface area contributed by atoms with Crippen molar-refractivity contribution in [3.05, 3.63) is 83.7 Å². The fraction of sp³-hybridized carbons (Fsp3) is 0.238. The van der Waals surface area contributed by atoms with Gasteiger partial charge in [-0.05, 0) is 35.3 Å². The Hall–Kier alpha value is -2.22. The van der Waals surface area contributed by atoms with Crippen LogP contribution in [-0.4, -0.2) is 0 Å². The predicted molar refractivity (Wildman–Crippen MR) is 91.6 cm³/mol. The van der Waals surface area contributed by atoms with Crippen LogP contribution in [0.5, 0.6) is 0 Å². The standard InChI is InChI=1S/C21H20F2/c1-2-7-16-8-5-9-17(14-16)19-11-3-4-12-20(19)21(23)13-6-10-18(22)15-21/h3-6,8-12,14-15H,2,7,13H2,1H3. The molecule has 0 spiro atoms. The van der Waals surface area contributed by atoms with Crippen LogP contribution < -0.4 is 0 Å². The number of allylic oxidation sites excluding steroid dienone is 4. The number of alkyl halides is 1. The van der Waals surface area contributed by atoms with Crippen molar-refractivity contribution in [1.82, 2.24) is 0 Å². The molecule has 1 atom stereocenters. The lowest BCUT2D eigenvalue weighted by molar-refractivity contribution is 0.231. The molecule has 2 aromatic rings. The van der Waals surface area contributed by atoms with Crippen molar-refractivity contribution >= 4 is 0 Å². The van der Waals surface area contributed by atoms with E-state index in [4.69, 9.17) is 0 Å². The fourth-order valence-electron chi connectivity index (χ4n) is 3.14. The molecule has 0 aromatic heterocycles. The molecule has 2 heteroatoms. The highest BCUT2D eigenvalue weighted by Crippen LogP contribution is 2.41. The molecule has 1 unspecified atom stereocenters. The molecule has 118 valence electrons. The Kier molecular flexibility index (Phi) is 4.42. The lowest BCUT2D eigenvalue weighted by Crippen LogP contribution is -2.19. The summed E-state index contributed by atoms with van der Waals surface area (Å²) in [7, 11) is 0. The molecule has 0 nitrogen and oxygen atoms in total. The molecule has 0 saturated heterocycles. The van der Waals surface area contributed by atoms with Gasteiger partial charge in [-0.25, -0.2) is 8.78 Å². The van der Waals surface area contributed by atoms with Crippen LogP contribution in [0.25, 0.3) is 11.1 Å². The largest absolute Gasteiger partial charge is 0.234 e. The van der Waals surface area contributed by atoms with Crippen LogP contribution in [0.3, 0.4) is 0 Å². The van der Waals surface area contributed by atoms with Gasteiger partial charge in [0.05, 0.1) is 0 Å². The van der Waals surface area contributed by atoms with E-state index in [0.29, 0.717) is 5.56 Å². The van der Waals surface area contributed by atoms with Crippen LogP contribution in [0.2, 0.25) is 0 Å². The Labute approximate surface area is 136 Å². The quantitative estimate of drug-likeness (QED) is 0.623. The van der Waals surface area contributed by atoms with Gasteiger partial charge >= 0.3 is 0 Å². The highest BCUT2D eigenvalue weighted by molar-refractivity contribution is 5.70. The van der Waals surface area contributed by atoms with Crippen molar-refractivity contribution in [3.8, 4) is 11.1 Å². The number of hydrogen-bond donors (Lipinski definition) is 0. The van der Waals surface area contributed by atoms with Gasteiger partial charge in [-0.15, -0.1) is 0 Å². The van der Waals surface area contributed by atoms with E-state index in [0.717, 1.165) is 30.0 Å². The Morgan fingerprint density at radius 2 is 1.91 bits per heavy atom. The smallest absolute Gasteiger partial charge is 0.161 e. The van der Waals surface area contributed by atoms with Crippen molar-refractivity contribution in [2.24, 2.45) is 0 Å². The molecule has 0 fully saturated rings. The molecular formula is C21H20F2. The molecule has 0 N–H and O–H groups in total. The Morgan fingerprint density at radius 3 is 2.70 bits per heavy atom. The average molecular weight is 310 g/mol. The van der Waals surface area contributed by atoms with Gasteiger partial charge in [-0.3, -0.25) is 0 Å². The molecule has 23 heavy (non-hydrogen) atoms. The maximum absolute atomic E-state index is 15.4. The Balaban J connectivity index is 2.08. The van der Waals surface area contributed by atoms with Crippen molar-refractivity contribution in [2.75, 3.05) is 0 Å². The van der Waals surface area contributed by atoms with Gasteiger partial charge in [-0.1, -0.05) is 68.0 Å². The summed E-state index contributed by atoms with van der Waals surface area (Å²) in [5.74, 6) is -0.520. The zero-order valence-electron chi connectivity index (χ0n) is 13.2. The SMILES string of the molecule is CCCc1cccc(-c2ccccc2C2(F)C=C(F)C=CC2)c1. The molecule has 0 bridgehead atoms. The third-order valence-corrected chi connectivity index (χ3v) is 4.21. The molecular weight excluding hydrogens is 290 g/mol. The lowest BCUT2D eigenvalue weighted by Gasteiger charge is -2.26.